The van der Waals surface area contributed by atoms with Gasteiger partial charge in [0, 0.05) is 18.0 Å². The fraction of sp³-hybridized carbons (Fsp3) is 0.125. The molecule has 1 amide bonds. The number of pyridine rings is 1. The molecule has 5 nitrogen and oxygen atoms in total. The van der Waals surface area contributed by atoms with Crippen molar-refractivity contribution in [2.24, 2.45) is 11.5 Å². The molecule has 0 aliphatic carbocycles. The van der Waals surface area contributed by atoms with Crippen LogP contribution in [0.3, 0.4) is 0 Å². The molecule has 1 aromatic rings. The van der Waals surface area contributed by atoms with Crippen molar-refractivity contribution in [2.45, 2.75) is 6.04 Å². The summed E-state index contributed by atoms with van der Waals surface area (Å²) in [5.41, 5.74) is 10.4. The largest absolute Gasteiger partial charge is 0.368 e. The van der Waals surface area contributed by atoms with E-state index in [1.807, 2.05) is 0 Å². The summed E-state index contributed by atoms with van der Waals surface area (Å²) in [7, 11) is 0. The standard InChI is InChI=1S/C8H9N3O2/c9-6(8(10)13)7(12)5-2-1-3-11-4-5/h1-4,6H,9H2,(H2,10,13). The number of nitrogens with two attached hydrogens (primary N) is 2. The Morgan fingerprint density at radius 3 is 2.62 bits per heavy atom. The first-order valence-electron chi connectivity index (χ1n) is 3.62. The van der Waals surface area contributed by atoms with Crippen LogP contribution in [0.4, 0.5) is 0 Å². The van der Waals surface area contributed by atoms with Crippen LogP contribution in [-0.2, 0) is 4.79 Å². The zero-order chi connectivity index (χ0) is 9.84. The van der Waals surface area contributed by atoms with E-state index in [0.29, 0.717) is 0 Å². The van der Waals surface area contributed by atoms with Gasteiger partial charge in [-0.2, -0.15) is 0 Å². The van der Waals surface area contributed by atoms with Crippen molar-refractivity contribution in [3.63, 3.8) is 0 Å². The molecule has 5 heteroatoms. The fourth-order valence-corrected chi connectivity index (χ4v) is 0.817. The summed E-state index contributed by atoms with van der Waals surface area (Å²) in [4.78, 5) is 25.6. The number of rotatable bonds is 3. The minimum absolute atomic E-state index is 0.286. The Balaban J connectivity index is 2.86. The first-order chi connectivity index (χ1) is 6.13. The monoisotopic (exact) mass is 179 g/mol. The molecule has 13 heavy (non-hydrogen) atoms. The van der Waals surface area contributed by atoms with Crippen molar-refractivity contribution in [3.05, 3.63) is 30.1 Å². The Morgan fingerprint density at radius 1 is 1.46 bits per heavy atom. The molecule has 68 valence electrons. The molecule has 0 bridgehead atoms. The predicted octanol–water partition coefficient (Wildman–Crippen LogP) is -0.923. The van der Waals surface area contributed by atoms with Gasteiger partial charge in [0.1, 0.15) is 6.04 Å². The molecular weight excluding hydrogens is 170 g/mol. The second kappa shape index (κ2) is 3.77. The van der Waals surface area contributed by atoms with E-state index in [4.69, 9.17) is 11.5 Å². The Morgan fingerprint density at radius 2 is 2.15 bits per heavy atom. The molecule has 0 spiro atoms. The van der Waals surface area contributed by atoms with Crippen molar-refractivity contribution in [2.75, 3.05) is 0 Å². The summed E-state index contributed by atoms with van der Waals surface area (Å²) in [6, 6.07) is 1.82. The van der Waals surface area contributed by atoms with Crippen LogP contribution < -0.4 is 11.5 Å². The van der Waals surface area contributed by atoms with E-state index >= 15 is 0 Å². The van der Waals surface area contributed by atoms with E-state index in [1.165, 1.54) is 18.5 Å². The minimum Gasteiger partial charge on any atom is -0.368 e. The van der Waals surface area contributed by atoms with Gasteiger partial charge in [0.15, 0.2) is 5.78 Å². The summed E-state index contributed by atoms with van der Waals surface area (Å²) < 4.78 is 0. The highest BCUT2D eigenvalue weighted by Gasteiger charge is 2.20. The van der Waals surface area contributed by atoms with Crippen LogP contribution in [0.5, 0.6) is 0 Å². The SMILES string of the molecule is NC(=O)C(N)C(=O)c1cccnc1. The number of primary amides is 1. The molecule has 0 saturated carbocycles. The van der Waals surface area contributed by atoms with Crippen molar-refractivity contribution in [3.8, 4) is 0 Å². The van der Waals surface area contributed by atoms with Crippen molar-refractivity contribution >= 4 is 11.7 Å². The number of carbonyl (C=O) groups excluding carboxylic acids is 2. The van der Waals surface area contributed by atoms with E-state index in [9.17, 15) is 9.59 Å². The van der Waals surface area contributed by atoms with E-state index in [2.05, 4.69) is 4.98 Å². The van der Waals surface area contributed by atoms with Gasteiger partial charge < -0.3 is 11.5 Å². The van der Waals surface area contributed by atoms with Crippen LogP contribution in [0, 0.1) is 0 Å². The topological polar surface area (TPSA) is 99.1 Å². The van der Waals surface area contributed by atoms with Gasteiger partial charge in [-0.05, 0) is 12.1 Å². The summed E-state index contributed by atoms with van der Waals surface area (Å²) in [5, 5.41) is 0. The van der Waals surface area contributed by atoms with E-state index < -0.39 is 17.7 Å². The maximum absolute atomic E-state index is 11.3. The molecule has 1 unspecified atom stereocenters. The van der Waals surface area contributed by atoms with Crippen molar-refractivity contribution in [1.82, 2.24) is 4.98 Å². The summed E-state index contributed by atoms with van der Waals surface area (Å²) >= 11 is 0. The maximum Gasteiger partial charge on any atom is 0.242 e. The number of nitrogens with zero attached hydrogens (tertiary/aromatic N) is 1. The molecule has 1 rings (SSSR count). The third kappa shape index (κ3) is 2.09. The number of ketones is 1. The average molecular weight is 179 g/mol. The Labute approximate surface area is 74.7 Å². The second-order valence-corrected chi connectivity index (χ2v) is 2.49. The Hall–Kier alpha value is -1.75. The van der Waals surface area contributed by atoms with Gasteiger partial charge in [0.2, 0.25) is 5.91 Å². The van der Waals surface area contributed by atoms with Crippen LogP contribution in [0.25, 0.3) is 0 Å². The van der Waals surface area contributed by atoms with Crippen LogP contribution >= 0.6 is 0 Å². The van der Waals surface area contributed by atoms with Gasteiger partial charge >= 0.3 is 0 Å². The van der Waals surface area contributed by atoms with E-state index in [0.717, 1.165) is 0 Å². The molecule has 0 aliphatic heterocycles. The zero-order valence-corrected chi connectivity index (χ0v) is 6.81. The van der Waals surface area contributed by atoms with Gasteiger partial charge in [0.25, 0.3) is 0 Å². The van der Waals surface area contributed by atoms with E-state index in [-0.39, 0.29) is 5.56 Å². The van der Waals surface area contributed by atoms with Crippen LogP contribution in [0.1, 0.15) is 10.4 Å². The van der Waals surface area contributed by atoms with Crippen molar-refractivity contribution in [1.29, 1.82) is 0 Å². The lowest BCUT2D eigenvalue weighted by atomic mass is 10.1. The lowest BCUT2D eigenvalue weighted by Gasteiger charge is -2.04. The first-order valence-corrected chi connectivity index (χ1v) is 3.62. The molecule has 0 fully saturated rings. The van der Waals surface area contributed by atoms with Crippen LogP contribution in [-0.4, -0.2) is 22.7 Å². The lowest BCUT2D eigenvalue weighted by molar-refractivity contribution is -0.118. The number of carbonyl (C=O) groups is 2. The van der Waals surface area contributed by atoms with Gasteiger partial charge in [-0.3, -0.25) is 14.6 Å². The number of aromatic nitrogens is 1. The average Bonchev–Trinajstić information content (AvgIpc) is 2.17. The zero-order valence-electron chi connectivity index (χ0n) is 6.81. The third-order valence-electron chi connectivity index (χ3n) is 1.54. The normalized spacial score (nSPS) is 12.1. The first kappa shape index (κ1) is 9.34. The van der Waals surface area contributed by atoms with Gasteiger partial charge in [-0.25, -0.2) is 0 Å². The quantitative estimate of drug-likeness (QED) is 0.462. The highest BCUT2D eigenvalue weighted by atomic mass is 16.2. The molecule has 1 heterocycles. The number of hydrogen-bond donors (Lipinski definition) is 2. The molecule has 1 atom stereocenters. The van der Waals surface area contributed by atoms with Crippen LogP contribution in [0.2, 0.25) is 0 Å². The highest BCUT2D eigenvalue weighted by Crippen LogP contribution is 1.99. The molecule has 0 saturated heterocycles. The summed E-state index contributed by atoms with van der Waals surface area (Å²) in [6.07, 6.45) is 2.86. The van der Waals surface area contributed by atoms with Gasteiger partial charge in [-0.1, -0.05) is 0 Å². The molecule has 4 N–H and O–H groups in total. The Kier molecular flexibility index (Phi) is 2.71. The summed E-state index contributed by atoms with van der Waals surface area (Å²) in [5.74, 6) is -1.35. The van der Waals surface area contributed by atoms with Gasteiger partial charge in [-0.15, -0.1) is 0 Å². The Bertz CT molecular complexity index is 323. The summed E-state index contributed by atoms with van der Waals surface area (Å²) in [6.45, 7) is 0. The smallest absolute Gasteiger partial charge is 0.242 e. The molecule has 0 radical (unpaired) electrons. The number of amides is 1. The van der Waals surface area contributed by atoms with E-state index in [1.54, 1.807) is 6.07 Å². The molecule has 0 aromatic carbocycles. The number of Topliss-reactive ketones (excluding diaryl/α,β-unsaturated/α-hetero) is 1. The second-order valence-electron chi connectivity index (χ2n) is 2.49. The maximum atomic E-state index is 11.3. The molecule has 0 aliphatic rings. The lowest BCUT2D eigenvalue weighted by Crippen LogP contribution is -2.43. The predicted molar refractivity (Wildman–Crippen MR) is 45.7 cm³/mol. The van der Waals surface area contributed by atoms with Crippen molar-refractivity contribution < 1.29 is 9.59 Å². The van der Waals surface area contributed by atoms with Crippen LogP contribution in [0.15, 0.2) is 24.5 Å². The highest BCUT2D eigenvalue weighted by molar-refractivity contribution is 6.12. The minimum atomic E-state index is -1.29. The number of hydrogen-bond acceptors (Lipinski definition) is 4. The van der Waals surface area contributed by atoms with Gasteiger partial charge in [0.05, 0.1) is 0 Å². The molecular formula is C8H9N3O2. The third-order valence-corrected chi connectivity index (χ3v) is 1.54. The fourth-order valence-electron chi connectivity index (χ4n) is 0.817. The molecule has 1 aromatic heterocycles.